The van der Waals surface area contributed by atoms with E-state index in [0.29, 0.717) is 0 Å². The van der Waals surface area contributed by atoms with Gasteiger partial charge in [0.15, 0.2) is 0 Å². The number of nitrogens with two attached hydrogens (primary N) is 1. The summed E-state index contributed by atoms with van der Waals surface area (Å²) >= 11 is 5.00. The quantitative estimate of drug-likeness (QED) is 0.853. The zero-order chi connectivity index (χ0) is 8.48. The van der Waals surface area contributed by atoms with Crippen LogP contribution in [-0.2, 0) is 6.42 Å². The number of nitrogens with zero attached hydrogens (tertiary/aromatic N) is 1. The van der Waals surface area contributed by atoms with Gasteiger partial charge in [0.2, 0.25) is 0 Å². The van der Waals surface area contributed by atoms with E-state index < -0.39 is 0 Å². The first-order valence-electron chi connectivity index (χ1n) is 3.36. The van der Waals surface area contributed by atoms with Gasteiger partial charge in [-0.05, 0) is 29.8 Å². The largest absolute Gasteiger partial charge is 0.325 e. The molecule has 2 N–H and O–H groups in total. The molecule has 0 amide bonds. The van der Waals surface area contributed by atoms with Crippen LogP contribution in [-0.4, -0.2) is 10.5 Å². The molecule has 0 unspecified atom stereocenters. The maximum atomic E-state index is 5.83. The molecule has 0 aliphatic heterocycles. The molecule has 0 atom stereocenters. The first kappa shape index (κ1) is 9.16. The van der Waals surface area contributed by atoms with Crippen molar-refractivity contribution < 1.29 is 0 Å². The lowest BCUT2D eigenvalue weighted by Gasteiger charge is -2.15. The molecule has 0 saturated heterocycles. The minimum Gasteiger partial charge on any atom is -0.325 e. The molecule has 0 fully saturated rings. The molecular formula is C7H11BrN2S. The van der Waals surface area contributed by atoms with Crippen molar-refractivity contribution in [2.45, 2.75) is 25.8 Å². The van der Waals surface area contributed by atoms with Gasteiger partial charge in [0, 0.05) is 12.0 Å². The third-order valence-electron chi connectivity index (χ3n) is 1.13. The van der Waals surface area contributed by atoms with Gasteiger partial charge in [0.05, 0.1) is 15.0 Å². The number of hydrogen-bond donors (Lipinski definition) is 1. The van der Waals surface area contributed by atoms with Crippen LogP contribution in [0, 0.1) is 0 Å². The monoisotopic (exact) mass is 234 g/mol. The maximum absolute atomic E-state index is 5.83. The van der Waals surface area contributed by atoms with Crippen LogP contribution in [0.1, 0.15) is 18.9 Å². The second-order valence-corrected chi connectivity index (χ2v) is 5.72. The molecule has 4 heteroatoms. The van der Waals surface area contributed by atoms with Crippen LogP contribution in [0.4, 0.5) is 0 Å². The fourth-order valence-corrected chi connectivity index (χ4v) is 2.30. The van der Waals surface area contributed by atoms with Crippen LogP contribution in [0.3, 0.4) is 0 Å². The van der Waals surface area contributed by atoms with Crippen molar-refractivity contribution in [1.29, 1.82) is 0 Å². The van der Waals surface area contributed by atoms with E-state index in [1.165, 1.54) is 0 Å². The summed E-state index contributed by atoms with van der Waals surface area (Å²) in [5, 5.41) is 1.09. The van der Waals surface area contributed by atoms with Crippen LogP contribution in [0.15, 0.2) is 9.98 Å². The van der Waals surface area contributed by atoms with Crippen LogP contribution >= 0.6 is 27.3 Å². The smallest absolute Gasteiger partial charge is 0.0954 e. The fourth-order valence-electron chi connectivity index (χ4n) is 0.759. The Hall–Kier alpha value is 0.0700. The highest BCUT2D eigenvalue weighted by molar-refractivity contribution is 9.11. The Morgan fingerprint density at radius 1 is 1.73 bits per heavy atom. The van der Waals surface area contributed by atoms with Crippen molar-refractivity contribution >= 4 is 27.3 Å². The van der Waals surface area contributed by atoms with Crippen molar-refractivity contribution in [3.8, 4) is 0 Å². The summed E-state index contributed by atoms with van der Waals surface area (Å²) in [7, 11) is 0. The molecule has 0 bridgehead atoms. The van der Waals surface area contributed by atoms with Gasteiger partial charge in [-0.25, -0.2) is 4.98 Å². The van der Waals surface area contributed by atoms with Crippen molar-refractivity contribution in [2.75, 3.05) is 0 Å². The number of rotatable bonds is 2. The highest BCUT2D eigenvalue weighted by Gasteiger charge is 2.13. The third-order valence-corrected chi connectivity index (χ3v) is 2.61. The first-order chi connectivity index (χ1) is 4.97. The number of hydrogen-bond acceptors (Lipinski definition) is 3. The summed E-state index contributed by atoms with van der Waals surface area (Å²) in [5.74, 6) is 0. The van der Waals surface area contributed by atoms with Crippen LogP contribution < -0.4 is 5.73 Å². The second kappa shape index (κ2) is 3.21. The molecule has 1 heterocycles. The summed E-state index contributed by atoms with van der Waals surface area (Å²) in [4.78, 5) is 4.19. The zero-order valence-electron chi connectivity index (χ0n) is 6.60. The average molecular weight is 235 g/mol. The number of aromatic nitrogens is 1. The van der Waals surface area contributed by atoms with Crippen LogP contribution in [0.25, 0.3) is 0 Å². The number of thiazole rings is 1. The van der Waals surface area contributed by atoms with Gasteiger partial charge >= 0.3 is 0 Å². The van der Waals surface area contributed by atoms with Gasteiger partial charge in [-0.3, -0.25) is 0 Å². The molecule has 0 saturated carbocycles. The topological polar surface area (TPSA) is 38.9 Å². The summed E-state index contributed by atoms with van der Waals surface area (Å²) in [6.45, 7) is 4.00. The molecule has 2 nitrogen and oxygen atoms in total. The van der Waals surface area contributed by atoms with Crippen LogP contribution in [0.2, 0.25) is 0 Å². The van der Waals surface area contributed by atoms with Gasteiger partial charge in [0.25, 0.3) is 0 Å². The van der Waals surface area contributed by atoms with E-state index >= 15 is 0 Å². The van der Waals surface area contributed by atoms with Gasteiger partial charge < -0.3 is 5.73 Å². The van der Waals surface area contributed by atoms with E-state index in [2.05, 4.69) is 20.9 Å². The minimum atomic E-state index is -0.155. The van der Waals surface area contributed by atoms with Crippen molar-refractivity contribution in [3.05, 3.63) is 15.0 Å². The summed E-state index contributed by atoms with van der Waals surface area (Å²) in [6, 6.07) is 0. The summed E-state index contributed by atoms with van der Waals surface area (Å²) in [6.07, 6.45) is 2.65. The van der Waals surface area contributed by atoms with Gasteiger partial charge in [0.1, 0.15) is 0 Å². The Kier molecular flexibility index (Phi) is 2.67. The van der Waals surface area contributed by atoms with E-state index in [4.69, 9.17) is 5.73 Å². The lowest BCUT2D eigenvalue weighted by atomic mass is 10.0. The molecule has 1 aromatic rings. The second-order valence-electron chi connectivity index (χ2n) is 3.22. The Bertz CT molecular complexity index is 239. The standard InChI is InChI=1S/C7H11BrN2S/c1-7(2,9)3-6-10-4-5(8)11-6/h4H,3,9H2,1-2H3. The van der Waals surface area contributed by atoms with E-state index in [1.807, 2.05) is 20.0 Å². The van der Waals surface area contributed by atoms with E-state index in [1.54, 1.807) is 11.3 Å². The Morgan fingerprint density at radius 2 is 2.36 bits per heavy atom. The lowest BCUT2D eigenvalue weighted by molar-refractivity contribution is 0.515. The van der Waals surface area contributed by atoms with Gasteiger partial charge in [-0.2, -0.15) is 0 Å². The molecule has 62 valence electrons. The summed E-state index contributed by atoms with van der Waals surface area (Å²) in [5.41, 5.74) is 5.67. The molecule has 1 rings (SSSR count). The molecule has 1 aromatic heterocycles. The molecule has 0 radical (unpaired) electrons. The van der Waals surface area contributed by atoms with E-state index in [9.17, 15) is 0 Å². The minimum absolute atomic E-state index is 0.155. The zero-order valence-corrected chi connectivity index (χ0v) is 9.00. The van der Waals surface area contributed by atoms with E-state index in [0.717, 1.165) is 15.2 Å². The maximum Gasteiger partial charge on any atom is 0.0954 e. The van der Waals surface area contributed by atoms with Crippen LogP contribution in [0.5, 0.6) is 0 Å². The highest BCUT2D eigenvalue weighted by Crippen LogP contribution is 2.21. The predicted molar refractivity (Wildman–Crippen MR) is 51.8 cm³/mol. The van der Waals surface area contributed by atoms with Crippen molar-refractivity contribution in [2.24, 2.45) is 5.73 Å². The predicted octanol–water partition coefficient (Wildman–Crippen LogP) is 2.19. The average Bonchev–Trinajstić information content (AvgIpc) is 2.10. The molecule has 11 heavy (non-hydrogen) atoms. The molecule has 0 aliphatic carbocycles. The Morgan fingerprint density at radius 3 is 2.73 bits per heavy atom. The lowest BCUT2D eigenvalue weighted by Crippen LogP contribution is -2.34. The molecular weight excluding hydrogens is 224 g/mol. The Labute approximate surface area is 79.0 Å². The van der Waals surface area contributed by atoms with E-state index in [-0.39, 0.29) is 5.54 Å². The number of halogens is 1. The highest BCUT2D eigenvalue weighted by atomic mass is 79.9. The fraction of sp³-hybridized carbons (Fsp3) is 0.571. The molecule has 0 spiro atoms. The van der Waals surface area contributed by atoms with Gasteiger partial charge in [-0.1, -0.05) is 0 Å². The molecule has 0 aliphatic rings. The van der Waals surface area contributed by atoms with Crippen molar-refractivity contribution in [1.82, 2.24) is 4.98 Å². The molecule has 0 aromatic carbocycles. The SMILES string of the molecule is CC(C)(N)Cc1ncc(Br)s1. The summed E-state index contributed by atoms with van der Waals surface area (Å²) < 4.78 is 1.07. The van der Waals surface area contributed by atoms with Gasteiger partial charge in [-0.15, -0.1) is 11.3 Å². The van der Waals surface area contributed by atoms with Crippen molar-refractivity contribution in [3.63, 3.8) is 0 Å². The third kappa shape index (κ3) is 3.31. The Balaban J connectivity index is 2.65. The first-order valence-corrected chi connectivity index (χ1v) is 4.97. The normalized spacial score (nSPS) is 12.0.